The Bertz CT molecular complexity index is 846. The fourth-order valence-corrected chi connectivity index (χ4v) is 5.28. The zero-order valence-electron chi connectivity index (χ0n) is 15.5. The van der Waals surface area contributed by atoms with Crippen molar-refractivity contribution in [2.45, 2.75) is 24.9 Å². The molecule has 3 heterocycles. The molecule has 1 atom stereocenters. The highest BCUT2D eigenvalue weighted by molar-refractivity contribution is 7.94. The average molecular weight is 391 g/mol. The van der Waals surface area contributed by atoms with Gasteiger partial charge in [-0.2, -0.15) is 0 Å². The maximum atomic E-state index is 12.2. The van der Waals surface area contributed by atoms with Crippen LogP contribution in [-0.4, -0.2) is 70.4 Å². The van der Waals surface area contributed by atoms with Crippen LogP contribution < -0.4 is 15.1 Å². The van der Waals surface area contributed by atoms with Crippen LogP contribution in [0.1, 0.15) is 12.8 Å². The van der Waals surface area contributed by atoms with E-state index in [1.807, 2.05) is 24.1 Å². The van der Waals surface area contributed by atoms with Crippen LogP contribution in [0, 0.1) is 0 Å². The fourth-order valence-electron chi connectivity index (χ4n) is 4.03. The molecule has 1 aromatic rings. The molecule has 0 saturated carbocycles. The Morgan fingerprint density at radius 3 is 2.44 bits per heavy atom. The summed E-state index contributed by atoms with van der Waals surface area (Å²) in [4.78, 5) is 18.1. The van der Waals surface area contributed by atoms with E-state index < -0.39 is 9.84 Å². The number of carbonyl (C=O) groups excluding carboxylic acids is 1. The minimum atomic E-state index is -3.01. The normalized spacial score (nSPS) is 25.6. The van der Waals surface area contributed by atoms with Crippen molar-refractivity contribution in [1.29, 1.82) is 0 Å². The zero-order chi connectivity index (χ0) is 19.0. The average Bonchev–Trinajstić information content (AvgIpc) is 3.17. The summed E-state index contributed by atoms with van der Waals surface area (Å²) in [5.74, 6) is 0.174. The maximum Gasteiger partial charge on any atom is 0.324 e. The predicted molar refractivity (Wildman–Crippen MR) is 107 cm³/mol. The molecule has 3 aliphatic rings. The number of nitrogens with zero attached hydrogens (tertiary/aromatic N) is 3. The molecule has 3 aliphatic heterocycles. The molecule has 2 saturated heterocycles. The van der Waals surface area contributed by atoms with Gasteiger partial charge in [-0.15, -0.1) is 0 Å². The summed E-state index contributed by atoms with van der Waals surface area (Å²) in [6.07, 6.45) is 3.70. The topological polar surface area (TPSA) is 73.0 Å². The molecule has 0 bridgehead atoms. The minimum absolute atomic E-state index is 0.0506. The van der Waals surface area contributed by atoms with Crippen LogP contribution in [0.5, 0.6) is 0 Å². The van der Waals surface area contributed by atoms with E-state index in [9.17, 15) is 13.2 Å². The van der Waals surface area contributed by atoms with Gasteiger partial charge in [-0.25, -0.2) is 13.2 Å². The van der Waals surface area contributed by atoms with E-state index in [-0.39, 0.29) is 17.8 Å². The minimum Gasteiger partial charge on any atom is -0.371 e. The van der Waals surface area contributed by atoms with Crippen molar-refractivity contribution in [3.63, 3.8) is 0 Å². The molecule has 2 fully saturated rings. The first-order valence-electron chi connectivity index (χ1n) is 9.46. The van der Waals surface area contributed by atoms with Crippen LogP contribution in [0.25, 0.3) is 0 Å². The van der Waals surface area contributed by atoms with Crippen LogP contribution in [0.3, 0.4) is 0 Å². The van der Waals surface area contributed by atoms with E-state index in [2.05, 4.69) is 22.3 Å². The lowest BCUT2D eigenvalue weighted by Gasteiger charge is -2.35. The highest BCUT2D eigenvalue weighted by Gasteiger charge is 2.28. The van der Waals surface area contributed by atoms with Crippen molar-refractivity contribution in [1.82, 2.24) is 10.2 Å². The van der Waals surface area contributed by atoms with Gasteiger partial charge in [-0.05, 0) is 31.0 Å². The third-order valence-corrected chi connectivity index (χ3v) is 6.99. The molecule has 27 heavy (non-hydrogen) atoms. The summed E-state index contributed by atoms with van der Waals surface area (Å²) in [5.41, 5.74) is 2.08. The van der Waals surface area contributed by atoms with Gasteiger partial charge in [0.2, 0.25) is 0 Å². The Kier molecular flexibility index (Phi) is 4.86. The molecule has 8 heteroatoms. The molecular formula is C19H26N4O3S. The lowest BCUT2D eigenvalue weighted by Crippen LogP contribution is -2.46. The highest BCUT2D eigenvalue weighted by Crippen LogP contribution is 2.27. The standard InChI is InChI=1S/C19H26N4O3S/c1-21-10-11-23(19(21)24)18-4-2-3-17(13-18)22-8-5-15(6-9-22)20-16-7-12-27(25,26)14-16/h2-4,7,12-13,15-16,20H,5-6,8-11,14H2,1H3/t16-/m0/s1. The van der Waals surface area contributed by atoms with Crippen LogP contribution >= 0.6 is 0 Å². The van der Waals surface area contributed by atoms with E-state index in [1.165, 1.54) is 5.41 Å². The fraction of sp³-hybridized carbons (Fsp3) is 0.526. The summed E-state index contributed by atoms with van der Waals surface area (Å²) < 4.78 is 23.1. The second kappa shape index (κ2) is 7.16. The number of hydrogen-bond acceptors (Lipinski definition) is 5. The number of piperidine rings is 1. The molecule has 0 unspecified atom stereocenters. The predicted octanol–water partition coefficient (Wildman–Crippen LogP) is 1.43. The van der Waals surface area contributed by atoms with Crippen LogP contribution in [0.15, 0.2) is 35.7 Å². The number of nitrogens with one attached hydrogen (secondary N) is 1. The number of hydrogen-bond donors (Lipinski definition) is 1. The van der Waals surface area contributed by atoms with Crippen molar-refractivity contribution >= 4 is 27.2 Å². The van der Waals surface area contributed by atoms with E-state index in [0.29, 0.717) is 6.04 Å². The van der Waals surface area contributed by atoms with Crippen molar-refractivity contribution < 1.29 is 13.2 Å². The smallest absolute Gasteiger partial charge is 0.324 e. The third-order valence-electron chi connectivity index (χ3n) is 5.60. The summed E-state index contributed by atoms with van der Waals surface area (Å²) in [5, 5.41) is 4.78. The molecule has 7 nitrogen and oxygen atoms in total. The zero-order valence-corrected chi connectivity index (χ0v) is 16.4. The molecule has 0 radical (unpaired) electrons. The van der Waals surface area contributed by atoms with Gasteiger partial charge in [-0.3, -0.25) is 4.90 Å². The van der Waals surface area contributed by atoms with Crippen LogP contribution in [0.2, 0.25) is 0 Å². The molecule has 1 aromatic carbocycles. The van der Waals surface area contributed by atoms with Gasteiger partial charge in [0.15, 0.2) is 9.84 Å². The van der Waals surface area contributed by atoms with E-state index >= 15 is 0 Å². The molecule has 2 amide bonds. The summed E-state index contributed by atoms with van der Waals surface area (Å²) in [6, 6.07) is 8.50. The molecule has 4 rings (SSSR count). The SMILES string of the molecule is CN1CCN(c2cccc(N3CCC(N[C@H]4C=CS(=O)(=O)C4)CC3)c2)C1=O. The first kappa shape index (κ1) is 18.3. The van der Waals surface area contributed by atoms with Gasteiger partial charge in [0.1, 0.15) is 0 Å². The Balaban J connectivity index is 1.35. The number of likely N-dealkylation sites (N-methyl/N-ethyl adjacent to an activating group) is 1. The van der Waals surface area contributed by atoms with E-state index in [0.717, 1.165) is 50.4 Å². The van der Waals surface area contributed by atoms with Gasteiger partial charge < -0.3 is 15.1 Å². The monoisotopic (exact) mass is 390 g/mol. The van der Waals surface area contributed by atoms with Crippen LogP contribution in [0.4, 0.5) is 16.2 Å². The van der Waals surface area contributed by atoms with Crippen molar-refractivity contribution in [3.8, 4) is 0 Å². The summed E-state index contributed by atoms with van der Waals surface area (Å²) in [6.45, 7) is 3.31. The number of amides is 2. The number of sulfone groups is 1. The van der Waals surface area contributed by atoms with E-state index in [4.69, 9.17) is 0 Å². The molecule has 0 aliphatic carbocycles. The lowest BCUT2D eigenvalue weighted by atomic mass is 10.0. The molecule has 0 aromatic heterocycles. The van der Waals surface area contributed by atoms with Crippen LogP contribution in [-0.2, 0) is 9.84 Å². The highest BCUT2D eigenvalue weighted by atomic mass is 32.2. The van der Waals surface area contributed by atoms with Gasteiger partial charge >= 0.3 is 6.03 Å². The lowest BCUT2D eigenvalue weighted by molar-refractivity contribution is 0.229. The van der Waals surface area contributed by atoms with Gasteiger partial charge in [0.05, 0.1) is 5.75 Å². The maximum absolute atomic E-state index is 12.2. The number of benzene rings is 1. The summed E-state index contributed by atoms with van der Waals surface area (Å²) >= 11 is 0. The molecular weight excluding hydrogens is 364 g/mol. The third kappa shape index (κ3) is 3.96. The Labute approximate surface area is 160 Å². The second-order valence-electron chi connectivity index (χ2n) is 7.57. The first-order chi connectivity index (χ1) is 12.9. The summed E-state index contributed by atoms with van der Waals surface area (Å²) in [7, 11) is -1.18. The number of carbonyl (C=O) groups is 1. The number of rotatable bonds is 4. The largest absolute Gasteiger partial charge is 0.371 e. The van der Waals surface area contributed by atoms with Gasteiger partial charge in [0, 0.05) is 62.1 Å². The van der Waals surface area contributed by atoms with Crippen molar-refractivity contribution in [2.75, 3.05) is 48.8 Å². The Hall–Kier alpha value is -2.06. The van der Waals surface area contributed by atoms with Gasteiger partial charge in [0.25, 0.3) is 0 Å². The number of urea groups is 1. The molecule has 0 spiro atoms. The first-order valence-corrected chi connectivity index (χ1v) is 11.2. The van der Waals surface area contributed by atoms with Gasteiger partial charge in [-0.1, -0.05) is 12.1 Å². The molecule has 146 valence electrons. The Morgan fingerprint density at radius 1 is 1.07 bits per heavy atom. The second-order valence-corrected chi connectivity index (χ2v) is 9.50. The quantitative estimate of drug-likeness (QED) is 0.842. The van der Waals surface area contributed by atoms with Crippen molar-refractivity contribution in [2.24, 2.45) is 0 Å². The molecule has 1 N–H and O–H groups in total. The Morgan fingerprint density at radius 2 is 1.81 bits per heavy atom. The van der Waals surface area contributed by atoms with Crippen molar-refractivity contribution in [3.05, 3.63) is 35.7 Å². The number of anilines is 2. The van der Waals surface area contributed by atoms with E-state index in [1.54, 1.807) is 11.0 Å².